The van der Waals surface area contributed by atoms with Crippen LogP contribution in [-0.2, 0) is 39.2 Å². The first-order chi connectivity index (χ1) is 21.9. The minimum atomic E-state index is -1.10. The number of aromatic amines is 1. The van der Waals surface area contributed by atoms with Gasteiger partial charge in [0.1, 0.15) is 24.1 Å². The molecule has 3 aromatic carbocycles. The Hall–Kier alpha value is -5.25. The summed E-state index contributed by atoms with van der Waals surface area (Å²) in [4.78, 5) is 51.4. The Morgan fingerprint density at radius 1 is 0.956 bits per heavy atom. The molecule has 0 saturated heterocycles. The van der Waals surface area contributed by atoms with Crippen LogP contribution in [0.25, 0.3) is 0 Å². The first-order valence-electron chi connectivity index (χ1n) is 15.0. The molecule has 1 aromatic heterocycles. The molecule has 45 heavy (non-hydrogen) atoms. The van der Waals surface area contributed by atoms with Gasteiger partial charge in [0, 0.05) is 36.7 Å². The third kappa shape index (κ3) is 8.44. The van der Waals surface area contributed by atoms with Gasteiger partial charge in [-0.05, 0) is 41.7 Å². The molecule has 0 spiro atoms. The highest BCUT2D eigenvalue weighted by molar-refractivity contribution is 6.41. The summed E-state index contributed by atoms with van der Waals surface area (Å²) in [7, 11) is 1.58. The molecular weight excluding hydrogens is 570 g/mol. The molecule has 10 heteroatoms. The van der Waals surface area contributed by atoms with Gasteiger partial charge < -0.3 is 25.1 Å². The van der Waals surface area contributed by atoms with Gasteiger partial charge in [-0.2, -0.15) is 0 Å². The summed E-state index contributed by atoms with van der Waals surface area (Å²) in [6.45, 7) is 0.461. The van der Waals surface area contributed by atoms with Crippen molar-refractivity contribution in [2.24, 2.45) is 4.99 Å². The molecule has 0 aliphatic heterocycles. The van der Waals surface area contributed by atoms with E-state index in [9.17, 15) is 14.4 Å². The molecule has 1 aliphatic carbocycles. The number of methoxy groups -OCH3 is 1. The molecule has 1 heterocycles. The largest absolute Gasteiger partial charge is 0.497 e. The van der Waals surface area contributed by atoms with Crippen molar-refractivity contribution in [3.8, 4) is 5.75 Å². The molecule has 1 saturated carbocycles. The summed E-state index contributed by atoms with van der Waals surface area (Å²) >= 11 is 0. The van der Waals surface area contributed by atoms with Gasteiger partial charge >= 0.3 is 6.09 Å². The lowest BCUT2D eigenvalue weighted by molar-refractivity contribution is -0.120. The Balaban J connectivity index is 1.35. The number of benzene rings is 3. The third-order valence-corrected chi connectivity index (χ3v) is 8.10. The van der Waals surface area contributed by atoms with Gasteiger partial charge in [-0.1, -0.05) is 79.2 Å². The van der Waals surface area contributed by atoms with Crippen molar-refractivity contribution in [3.05, 3.63) is 120 Å². The van der Waals surface area contributed by atoms with E-state index in [4.69, 9.17) is 9.47 Å². The lowest BCUT2D eigenvalue weighted by Gasteiger charge is -2.42. The van der Waals surface area contributed by atoms with Crippen molar-refractivity contribution in [1.29, 1.82) is 0 Å². The molecule has 5 rings (SSSR count). The molecule has 1 atom stereocenters. The molecule has 232 valence electrons. The summed E-state index contributed by atoms with van der Waals surface area (Å²) in [5, 5.41) is 5.69. The number of alkyl carbamates (subject to hydrolysis) is 1. The Labute approximate surface area is 262 Å². The number of H-pyrrole nitrogens is 1. The van der Waals surface area contributed by atoms with Gasteiger partial charge in [0.15, 0.2) is 0 Å². The number of ether oxygens (including phenoxy) is 2. The zero-order valence-electron chi connectivity index (χ0n) is 25.2. The first kappa shape index (κ1) is 31.2. The second-order valence-corrected chi connectivity index (χ2v) is 11.1. The fraction of sp³-hybridized carbons (Fsp3) is 0.286. The number of carbonyl (C=O) groups excluding carboxylic acids is 3. The molecule has 4 aromatic rings. The maximum Gasteiger partial charge on any atom is 0.408 e. The summed E-state index contributed by atoms with van der Waals surface area (Å²) in [6.07, 6.45) is 5.46. The van der Waals surface area contributed by atoms with Crippen molar-refractivity contribution in [2.45, 2.75) is 50.2 Å². The number of nitrogens with zero attached hydrogens (tertiary/aromatic N) is 2. The number of nitrogens with one attached hydrogen (secondary N) is 3. The molecular formula is C35H37N5O5. The standard InChI is InChI=1S/C35H37N5O5/c1-44-29-15-13-25(14-16-29)19-30(32(41)37-23-35(17-8-18-35)27-11-6-3-7-12-27)39-33(42)31(20-28-21-36-24-38-28)40-34(43)45-22-26-9-4-2-5-10-26/h2-7,9-16,21,24,31H,8,17-20,22-23H2,1H3,(H,36,38)(H,37,41)(H,40,43)/t31-/m0/s1. The third-order valence-electron chi connectivity index (χ3n) is 8.10. The number of amides is 3. The second kappa shape index (κ2) is 15.0. The minimum absolute atomic E-state index is 0.0369. The highest BCUT2D eigenvalue weighted by Gasteiger charge is 2.39. The number of aromatic nitrogens is 2. The van der Waals surface area contributed by atoms with Crippen LogP contribution in [0, 0.1) is 0 Å². The maximum absolute atomic E-state index is 13.7. The van der Waals surface area contributed by atoms with E-state index in [1.54, 1.807) is 25.4 Å². The smallest absolute Gasteiger partial charge is 0.408 e. The minimum Gasteiger partial charge on any atom is -0.497 e. The average molecular weight is 608 g/mol. The normalized spacial score (nSPS) is 14.5. The van der Waals surface area contributed by atoms with Crippen LogP contribution in [0.5, 0.6) is 5.75 Å². The predicted octanol–water partition coefficient (Wildman–Crippen LogP) is 4.70. The highest BCUT2D eigenvalue weighted by Crippen LogP contribution is 2.43. The fourth-order valence-electron chi connectivity index (χ4n) is 5.36. The molecule has 3 amide bonds. The van der Waals surface area contributed by atoms with Gasteiger partial charge in [0.25, 0.3) is 11.8 Å². The van der Waals surface area contributed by atoms with E-state index in [0.29, 0.717) is 18.0 Å². The molecule has 3 N–H and O–H groups in total. The summed E-state index contributed by atoms with van der Waals surface area (Å²) < 4.78 is 10.6. The fourth-order valence-corrected chi connectivity index (χ4v) is 5.36. The number of hydrogen-bond donors (Lipinski definition) is 3. The topological polar surface area (TPSA) is 135 Å². The number of aliphatic imine (C=N–C) groups is 1. The highest BCUT2D eigenvalue weighted by atomic mass is 16.5. The number of imidazole rings is 1. The van der Waals surface area contributed by atoms with Crippen molar-refractivity contribution in [3.63, 3.8) is 0 Å². The van der Waals surface area contributed by atoms with Gasteiger partial charge in [0.2, 0.25) is 0 Å². The lowest BCUT2D eigenvalue weighted by Crippen LogP contribution is -2.48. The average Bonchev–Trinajstić information content (AvgIpc) is 3.57. The molecule has 0 bridgehead atoms. The molecule has 1 fully saturated rings. The van der Waals surface area contributed by atoms with Crippen LogP contribution in [-0.4, -0.2) is 53.3 Å². The molecule has 10 nitrogen and oxygen atoms in total. The Morgan fingerprint density at radius 3 is 2.29 bits per heavy atom. The van der Waals surface area contributed by atoms with E-state index in [0.717, 1.165) is 30.4 Å². The second-order valence-electron chi connectivity index (χ2n) is 11.1. The van der Waals surface area contributed by atoms with Crippen molar-refractivity contribution < 1.29 is 23.9 Å². The molecule has 0 unspecified atom stereocenters. The van der Waals surface area contributed by atoms with Crippen LogP contribution >= 0.6 is 0 Å². The van der Waals surface area contributed by atoms with E-state index in [-0.39, 0.29) is 30.6 Å². The van der Waals surface area contributed by atoms with E-state index >= 15 is 0 Å². The Morgan fingerprint density at radius 2 is 1.67 bits per heavy atom. The van der Waals surface area contributed by atoms with Crippen LogP contribution in [0.15, 0.2) is 102 Å². The van der Waals surface area contributed by atoms with Crippen molar-refractivity contribution in [2.75, 3.05) is 13.7 Å². The summed E-state index contributed by atoms with van der Waals surface area (Å²) in [5.41, 5.74) is 3.27. The SMILES string of the molecule is COc1ccc(CC(=NC(=O)[C@H](Cc2cnc[nH]2)NC(=O)OCc2ccccc2)C(=O)NCC2(c3ccccc3)CCC2)cc1. The summed E-state index contributed by atoms with van der Waals surface area (Å²) in [6, 6.07) is 25.5. The van der Waals surface area contributed by atoms with Gasteiger partial charge in [-0.3, -0.25) is 9.59 Å². The van der Waals surface area contributed by atoms with E-state index in [1.165, 1.54) is 11.9 Å². The van der Waals surface area contributed by atoms with Crippen molar-refractivity contribution in [1.82, 2.24) is 20.6 Å². The zero-order chi connectivity index (χ0) is 31.5. The van der Waals surface area contributed by atoms with Crippen LogP contribution in [0.4, 0.5) is 4.79 Å². The van der Waals surface area contributed by atoms with E-state index in [1.807, 2.05) is 60.7 Å². The monoisotopic (exact) mass is 607 g/mol. The summed E-state index contributed by atoms with van der Waals surface area (Å²) in [5.74, 6) is -0.444. The van der Waals surface area contributed by atoms with Crippen LogP contribution in [0.3, 0.4) is 0 Å². The van der Waals surface area contributed by atoms with Gasteiger partial charge in [0.05, 0.1) is 13.4 Å². The quantitative estimate of drug-likeness (QED) is 0.189. The Kier molecular flexibility index (Phi) is 10.4. The van der Waals surface area contributed by atoms with E-state index in [2.05, 4.69) is 37.7 Å². The van der Waals surface area contributed by atoms with Gasteiger partial charge in [-0.15, -0.1) is 0 Å². The number of hydrogen-bond acceptors (Lipinski definition) is 6. The van der Waals surface area contributed by atoms with Crippen LogP contribution in [0.1, 0.15) is 41.6 Å². The predicted molar refractivity (Wildman–Crippen MR) is 170 cm³/mol. The number of carbonyl (C=O) groups is 3. The van der Waals surface area contributed by atoms with E-state index < -0.39 is 23.9 Å². The van der Waals surface area contributed by atoms with Crippen LogP contribution < -0.4 is 15.4 Å². The lowest BCUT2D eigenvalue weighted by atomic mass is 9.64. The first-order valence-corrected chi connectivity index (χ1v) is 15.0. The molecule has 0 radical (unpaired) electrons. The van der Waals surface area contributed by atoms with Crippen molar-refractivity contribution >= 4 is 23.6 Å². The Bertz CT molecular complexity index is 1580. The number of rotatable bonds is 13. The van der Waals surface area contributed by atoms with Gasteiger partial charge in [-0.25, -0.2) is 14.8 Å². The van der Waals surface area contributed by atoms with Crippen LogP contribution in [0.2, 0.25) is 0 Å². The zero-order valence-corrected chi connectivity index (χ0v) is 25.2. The maximum atomic E-state index is 13.7. The molecule has 1 aliphatic rings.